The topological polar surface area (TPSA) is 121 Å². The van der Waals surface area contributed by atoms with Crippen LogP contribution in [0.1, 0.15) is 43.8 Å². The fourth-order valence-corrected chi connectivity index (χ4v) is 5.69. The van der Waals surface area contributed by atoms with Crippen LogP contribution in [0.4, 0.5) is 5.95 Å². The van der Waals surface area contributed by atoms with Crippen molar-refractivity contribution in [2.75, 3.05) is 18.5 Å². The third kappa shape index (κ3) is 4.89. The van der Waals surface area contributed by atoms with Gasteiger partial charge in [0.1, 0.15) is 5.65 Å². The van der Waals surface area contributed by atoms with Gasteiger partial charge in [0.25, 0.3) is 5.56 Å². The standard InChI is InChI=1S/C28H30ClN7O2/c1-16-12-31-14-25(33-16)17-2-7-22(24(29)11-17)23-10-18-13-32-28(34-20-8-9-38-15-20)35-26(18)36(27(23)37)21-5-3-19(30)4-6-21/h2,7,10-14,19-21H,3-6,8-9,15,30H2,1H3,(H,32,34,35)/t19?,20-,21?/m1/s1. The molecule has 1 aliphatic heterocycles. The number of pyridine rings is 1. The van der Waals surface area contributed by atoms with Crippen LogP contribution in [0.15, 0.2) is 47.7 Å². The van der Waals surface area contributed by atoms with Crippen molar-refractivity contribution in [2.24, 2.45) is 5.73 Å². The van der Waals surface area contributed by atoms with E-state index < -0.39 is 0 Å². The van der Waals surface area contributed by atoms with Gasteiger partial charge in [0.15, 0.2) is 0 Å². The van der Waals surface area contributed by atoms with Crippen molar-refractivity contribution in [3.8, 4) is 22.4 Å². The Morgan fingerprint density at radius 2 is 1.89 bits per heavy atom. The van der Waals surface area contributed by atoms with Crippen LogP contribution in [0.5, 0.6) is 0 Å². The molecule has 0 spiro atoms. The van der Waals surface area contributed by atoms with Gasteiger partial charge in [-0.05, 0) is 51.2 Å². The number of hydrogen-bond donors (Lipinski definition) is 2. The highest BCUT2D eigenvalue weighted by molar-refractivity contribution is 6.33. The van der Waals surface area contributed by atoms with Crippen molar-refractivity contribution < 1.29 is 4.74 Å². The van der Waals surface area contributed by atoms with Crippen LogP contribution >= 0.6 is 11.6 Å². The quantitative estimate of drug-likeness (QED) is 0.385. The van der Waals surface area contributed by atoms with Crippen molar-refractivity contribution in [1.82, 2.24) is 24.5 Å². The summed E-state index contributed by atoms with van der Waals surface area (Å²) in [5, 5.41) is 4.61. The molecule has 1 saturated heterocycles. The fraction of sp³-hybridized carbons (Fsp3) is 0.393. The molecule has 10 heteroatoms. The summed E-state index contributed by atoms with van der Waals surface area (Å²) in [6.45, 7) is 3.24. The summed E-state index contributed by atoms with van der Waals surface area (Å²) in [6, 6.07) is 7.81. The molecule has 0 amide bonds. The van der Waals surface area contributed by atoms with Gasteiger partial charge in [0, 0.05) is 58.2 Å². The maximum Gasteiger partial charge on any atom is 0.260 e. The molecule has 1 atom stereocenters. The van der Waals surface area contributed by atoms with Crippen molar-refractivity contribution in [3.63, 3.8) is 0 Å². The van der Waals surface area contributed by atoms with Gasteiger partial charge in [-0.1, -0.05) is 23.7 Å². The first-order chi connectivity index (χ1) is 18.5. The summed E-state index contributed by atoms with van der Waals surface area (Å²) in [4.78, 5) is 32.3. The number of nitrogens with zero attached hydrogens (tertiary/aromatic N) is 5. The maximum absolute atomic E-state index is 14.1. The van der Waals surface area contributed by atoms with E-state index in [4.69, 9.17) is 27.1 Å². The first-order valence-electron chi connectivity index (χ1n) is 13.1. The summed E-state index contributed by atoms with van der Waals surface area (Å²) in [5.41, 5.74) is 10.3. The molecule has 3 aromatic heterocycles. The van der Waals surface area contributed by atoms with E-state index in [9.17, 15) is 4.79 Å². The maximum atomic E-state index is 14.1. The average molecular weight is 532 g/mol. The molecule has 0 bridgehead atoms. The van der Waals surface area contributed by atoms with Crippen molar-refractivity contribution in [3.05, 3.63) is 63.9 Å². The first-order valence-corrected chi connectivity index (χ1v) is 13.4. The molecule has 4 aromatic rings. The summed E-state index contributed by atoms with van der Waals surface area (Å²) in [6.07, 6.45) is 9.46. The van der Waals surface area contributed by atoms with E-state index in [2.05, 4.69) is 20.3 Å². The molecule has 1 aromatic carbocycles. The van der Waals surface area contributed by atoms with Gasteiger partial charge in [-0.3, -0.25) is 14.3 Å². The zero-order chi connectivity index (χ0) is 26.2. The second kappa shape index (κ2) is 10.4. The Bertz CT molecular complexity index is 1540. The van der Waals surface area contributed by atoms with Gasteiger partial charge in [-0.25, -0.2) is 9.97 Å². The molecule has 6 rings (SSSR count). The number of nitrogens with one attached hydrogen (secondary N) is 1. The van der Waals surface area contributed by atoms with E-state index in [0.29, 0.717) is 34.4 Å². The van der Waals surface area contributed by atoms with E-state index in [1.54, 1.807) is 18.6 Å². The molecule has 1 saturated carbocycles. The Balaban J connectivity index is 1.46. The minimum atomic E-state index is -0.114. The molecule has 2 fully saturated rings. The van der Waals surface area contributed by atoms with Gasteiger partial charge in [0.2, 0.25) is 5.95 Å². The van der Waals surface area contributed by atoms with Crippen LogP contribution < -0.4 is 16.6 Å². The third-order valence-electron chi connectivity index (χ3n) is 7.45. The number of fused-ring (bicyclic) bond motifs is 1. The van der Waals surface area contributed by atoms with Crippen LogP contribution in [0.25, 0.3) is 33.4 Å². The van der Waals surface area contributed by atoms with Gasteiger partial charge in [-0.2, -0.15) is 4.98 Å². The Morgan fingerprint density at radius 3 is 2.63 bits per heavy atom. The zero-order valence-corrected chi connectivity index (χ0v) is 22.0. The lowest BCUT2D eigenvalue weighted by Crippen LogP contribution is -2.33. The Morgan fingerprint density at radius 1 is 1.05 bits per heavy atom. The number of aryl methyl sites for hydroxylation is 1. The predicted molar refractivity (Wildman–Crippen MR) is 148 cm³/mol. The van der Waals surface area contributed by atoms with E-state index in [-0.39, 0.29) is 23.7 Å². The second-order valence-corrected chi connectivity index (χ2v) is 10.6. The summed E-state index contributed by atoms with van der Waals surface area (Å²) in [7, 11) is 0. The zero-order valence-electron chi connectivity index (χ0n) is 21.2. The molecule has 0 unspecified atom stereocenters. The summed E-state index contributed by atoms with van der Waals surface area (Å²) >= 11 is 6.79. The van der Waals surface area contributed by atoms with E-state index in [1.165, 1.54) is 0 Å². The van der Waals surface area contributed by atoms with Crippen LogP contribution in [0.2, 0.25) is 5.02 Å². The van der Waals surface area contributed by atoms with Gasteiger partial charge in [-0.15, -0.1) is 0 Å². The van der Waals surface area contributed by atoms with Crippen LogP contribution in [0.3, 0.4) is 0 Å². The van der Waals surface area contributed by atoms with Crippen molar-refractivity contribution in [2.45, 2.75) is 57.2 Å². The number of nitrogens with two attached hydrogens (primary N) is 1. The summed E-state index contributed by atoms with van der Waals surface area (Å²) in [5.74, 6) is 0.503. The molecular weight excluding hydrogens is 502 g/mol. The number of ether oxygens (including phenoxy) is 1. The Kier molecular flexibility index (Phi) is 6.82. The largest absolute Gasteiger partial charge is 0.379 e. The Hall–Kier alpha value is -3.40. The van der Waals surface area contributed by atoms with E-state index in [0.717, 1.165) is 61.0 Å². The highest BCUT2D eigenvalue weighted by Crippen LogP contribution is 2.34. The molecule has 4 heterocycles. The van der Waals surface area contributed by atoms with Crippen molar-refractivity contribution in [1.29, 1.82) is 0 Å². The lowest BCUT2D eigenvalue weighted by atomic mass is 9.91. The van der Waals surface area contributed by atoms with E-state index >= 15 is 0 Å². The molecule has 196 valence electrons. The first kappa shape index (κ1) is 24.9. The third-order valence-corrected chi connectivity index (χ3v) is 7.77. The second-order valence-electron chi connectivity index (χ2n) is 10.2. The number of halogens is 1. The molecule has 3 N–H and O–H groups in total. The minimum absolute atomic E-state index is 0.00271. The fourth-order valence-electron chi connectivity index (χ4n) is 5.41. The number of rotatable bonds is 5. The smallest absolute Gasteiger partial charge is 0.260 e. The highest BCUT2D eigenvalue weighted by atomic mass is 35.5. The molecular formula is C28H30ClN7O2. The molecule has 0 radical (unpaired) electrons. The number of benzene rings is 1. The van der Waals surface area contributed by atoms with Crippen molar-refractivity contribution >= 4 is 28.6 Å². The molecule has 1 aliphatic carbocycles. The predicted octanol–water partition coefficient (Wildman–Crippen LogP) is 4.52. The Labute approximate surface area is 225 Å². The lowest BCUT2D eigenvalue weighted by molar-refractivity contribution is 0.195. The lowest BCUT2D eigenvalue weighted by Gasteiger charge is -2.29. The van der Waals surface area contributed by atoms with Gasteiger partial charge >= 0.3 is 0 Å². The number of anilines is 1. The highest BCUT2D eigenvalue weighted by Gasteiger charge is 2.26. The normalized spacial score (nSPS) is 21.6. The SMILES string of the molecule is Cc1cncc(-c2ccc(-c3cc4cnc(N[C@@H]5CCOC5)nc4n(C4CCC(N)CC4)c3=O)c(Cl)c2)n1. The molecule has 2 aliphatic rings. The summed E-state index contributed by atoms with van der Waals surface area (Å²) < 4.78 is 7.32. The van der Waals surface area contributed by atoms with Crippen LogP contribution in [-0.2, 0) is 4.74 Å². The van der Waals surface area contributed by atoms with Gasteiger partial charge in [0.05, 0.1) is 30.2 Å². The minimum Gasteiger partial charge on any atom is -0.379 e. The number of hydrogen-bond acceptors (Lipinski definition) is 8. The van der Waals surface area contributed by atoms with Gasteiger partial charge < -0.3 is 15.8 Å². The van der Waals surface area contributed by atoms with E-state index in [1.807, 2.05) is 35.8 Å². The van der Waals surface area contributed by atoms with Crippen LogP contribution in [-0.4, -0.2) is 49.8 Å². The number of aromatic nitrogens is 5. The molecule has 38 heavy (non-hydrogen) atoms. The molecule has 9 nitrogen and oxygen atoms in total. The average Bonchev–Trinajstić information content (AvgIpc) is 3.42. The monoisotopic (exact) mass is 531 g/mol. The van der Waals surface area contributed by atoms with Crippen LogP contribution in [0, 0.1) is 6.92 Å².